The molecule has 304 valence electrons. The van der Waals surface area contributed by atoms with Crippen LogP contribution in [0, 0.1) is 0 Å². The number of benzene rings is 9. The Labute approximate surface area is 372 Å². The molecular weight excluding hydrogens is 797 g/mol. The Balaban J connectivity index is 1.06. The summed E-state index contributed by atoms with van der Waals surface area (Å²) in [5, 5.41) is 10.4. The summed E-state index contributed by atoms with van der Waals surface area (Å²) in [7, 11) is 0. The summed E-state index contributed by atoms with van der Waals surface area (Å²) in [6.07, 6.45) is 3.94. The molecule has 0 N–H and O–H groups in total. The Morgan fingerprint density at radius 3 is 1.91 bits per heavy atom. The van der Waals surface area contributed by atoms with Gasteiger partial charge in [-0.1, -0.05) is 152 Å². The van der Waals surface area contributed by atoms with Crippen molar-refractivity contribution >= 4 is 81.8 Å². The highest BCUT2D eigenvalue weighted by molar-refractivity contribution is 6.23. The Morgan fingerprint density at radius 2 is 1.08 bits per heavy atom. The monoisotopic (exact) mass is 832 g/mol. The molecule has 65 heavy (non-hydrogen) atoms. The molecule has 0 bridgehead atoms. The molecule has 0 fully saturated rings. The average molecular weight is 833 g/mol. The van der Waals surface area contributed by atoms with Gasteiger partial charge in [0.25, 0.3) is 0 Å². The Bertz CT molecular complexity index is 4120. The maximum Gasteiger partial charge on any atom is 0.167 e. The molecule has 0 unspecified atom stereocenters. The lowest BCUT2D eigenvalue weighted by Gasteiger charge is -2.15. The van der Waals surface area contributed by atoms with Gasteiger partial charge in [-0.15, -0.1) is 0 Å². The van der Waals surface area contributed by atoms with Crippen molar-refractivity contribution in [2.24, 2.45) is 0 Å². The second kappa shape index (κ2) is 13.9. The van der Waals surface area contributed by atoms with Gasteiger partial charge in [-0.2, -0.15) is 0 Å². The zero-order valence-corrected chi connectivity index (χ0v) is 35.0. The lowest BCUT2D eigenvalue weighted by atomic mass is 9.95. The molecule has 13 aromatic rings. The van der Waals surface area contributed by atoms with Crippen molar-refractivity contribution in [2.45, 2.75) is 12.8 Å². The molecule has 4 aromatic heterocycles. The zero-order chi connectivity index (χ0) is 42.6. The van der Waals surface area contributed by atoms with Crippen molar-refractivity contribution < 1.29 is 8.83 Å². The molecule has 4 heterocycles. The van der Waals surface area contributed by atoms with Gasteiger partial charge in [0.05, 0.1) is 22.2 Å². The summed E-state index contributed by atoms with van der Waals surface area (Å²) in [6, 6.07) is 66.4. The van der Waals surface area contributed by atoms with E-state index in [1.54, 1.807) is 0 Å². The third-order valence-corrected chi connectivity index (χ3v) is 13.3. The highest BCUT2D eigenvalue weighted by Gasteiger charge is 2.27. The minimum atomic E-state index is 0.517. The van der Waals surface area contributed by atoms with Gasteiger partial charge in [-0.3, -0.25) is 0 Å². The van der Waals surface area contributed by atoms with E-state index < -0.39 is 0 Å². The largest absolute Gasteiger partial charge is 0.456 e. The van der Waals surface area contributed by atoms with Gasteiger partial charge in [0.2, 0.25) is 0 Å². The van der Waals surface area contributed by atoms with Crippen LogP contribution in [0.2, 0.25) is 0 Å². The van der Waals surface area contributed by atoms with Crippen molar-refractivity contribution in [3.05, 3.63) is 211 Å². The van der Waals surface area contributed by atoms with Gasteiger partial charge in [0, 0.05) is 43.7 Å². The zero-order valence-electron chi connectivity index (χ0n) is 35.0. The lowest BCUT2D eigenvalue weighted by Crippen LogP contribution is -2.07. The van der Waals surface area contributed by atoms with Gasteiger partial charge in [0.15, 0.2) is 17.5 Å². The molecule has 0 amide bonds. The number of aryl methyl sites for hydroxylation is 1. The minimum absolute atomic E-state index is 0.517. The van der Waals surface area contributed by atoms with E-state index in [0.29, 0.717) is 17.5 Å². The van der Waals surface area contributed by atoms with Gasteiger partial charge >= 0.3 is 0 Å². The second-order valence-corrected chi connectivity index (χ2v) is 17.0. The van der Waals surface area contributed by atoms with Gasteiger partial charge < -0.3 is 13.4 Å². The average Bonchev–Trinajstić information content (AvgIpc) is 4.05. The highest BCUT2D eigenvalue weighted by Crippen LogP contribution is 2.44. The van der Waals surface area contributed by atoms with Crippen LogP contribution in [-0.4, -0.2) is 19.5 Å². The molecule has 1 aliphatic carbocycles. The maximum atomic E-state index is 6.85. The molecule has 0 atom stereocenters. The van der Waals surface area contributed by atoms with E-state index in [1.165, 1.54) is 37.9 Å². The lowest BCUT2D eigenvalue weighted by molar-refractivity contribution is 0.590. The number of rotatable bonds is 5. The topological polar surface area (TPSA) is 69.9 Å². The van der Waals surface area contributed by atoms with E-state index in [1.807, 2.05) is 30.3 Å². The van der Waals surface area contributed by atoms with Crippen LogP contribution >= 0.6 is 0 Å². The number of hydrogen-bond donors (Lipinski definition) is 0. The minimum Gasteiger partial charge on any atom is -0.456 e. The summed E-state index contributed by atoms with van der Waals surface area (Å²) in [5.74, 6) is 2.45. The molecule has 0 aliphatic heterocycles. The normalized spacial score (nSPS) is 12.9. The number of nitrogens with zero attached hydrogens (tertiary/aromatic N) is 4. The molecule has 0 spiro atoms. The first-order valence-electron chi connectivity index (χ1n) is 22.1. The standard InChI is InChI=1S/C59H36N4O2/c1-2-13-35(14-3-1)36-25-27-38(28-26-36)57-60-58(46-22-12-21-45-43-19-8-10-23-52(43)64-55(45)46)62-59(61-57)49-34-41(33-47-44-20-9-11-24-53(44)65-56(47)49)63-50-30-29-37-15-6-7-18-42(37)54(50)48-31-39-16-4-5-17-40(39)32-51(48)63/h1-11,13-20,22-34H,12,21H2. The van der Waals surface area contributed by atoms with Crippen molar-refractivity contribution in [1.29, 1.82) is 0 Å². The van der Waals surface area contributed by atoms with Crippen LogP contribution in [0.1, 0.15) is 23.6 Å². The third kappa shape index (κ3) is 5.57. The first-order valence-corrected chi connectivity index (χ1v) is 22.1. The van der Waals surface area contributed by atoms with Crippen LogP contribution in [0.15, 0.2) is 203 Å². The van der Waals surface area contributed by atoms with Gasteiger partial charge in [0.1, 0.15) is 22.5 Å². The van der Waals surface area contributed by atoms with E-state index in [-0.39, 0.29) is 0 Å². The molecule has 0 saturated carbocycles. The summed E-state index contributed by atoms with van der Waals surface area (Å²) in [4.78, 5) is 16.1. The predicted octanol–water partition coefficient (Wildman–Crippen LogP) is 15.3. The summed E-state index contributed by atoms with van der Waals surface area (Å²) in [5.41, 5.74) is 11.6. The molecule has 9 aromatic carbocycles. The van der Waals surface area contributed by atoms with Crippen molar-refractivity contribution in [2.75, 3.05) is 0 Å². The molecule has 6 nitrogen and oxygen atoms in total. The van der Waals surface area contributed by atoms with Gasteiger partial charge in [-0.05, 0) is 88.0 Å². The van der Waals surface area contributed by atoms with E-state index in [9.17, 15) is 0 Å². The quantitative estimate of drug-likeness (QED) is 0.173. The third-order valence-electron chi connectivity index (χ3n) is 13.3. The maximum absolute atomic E-state index is 6.85. The van der Waals surface area contributed by atoms with Crippen molar-refractivity contribution in [3.63, 3.8) is 0 Å². The molecule has 6 heteroatoms. The number of para-hydroxylation sites is 2. The molecule has 14 rings (SSSR count). The first kappa shape index (κ1) is 35.9. The summed E-state index contributed by atoms with van der Waals surface area (Å²) < 4.78 is 15.9. The van der Waals surface area contributed by atoms with Crippen LogP contribution in [0.25, 0.3) is 121 Å². The van der Waals surface area contributed by atoms with Crippen molar-refractivity contribution in [1.82, 2.24) is 19.5 Å². The number of fused-ring (bicyclic) bond motifs is 12. The highest BCUT2D eigenvalue weighted by atomic mass is 16.3. The Hall–Kier alpha value is -8.61. The Morgan fingerprint density at radius 1 is 0.431 bits per heavy atom. The molecular formula is C59H36N4O2. The number of allylic oxidation sites excluding steroid dienone is 1. The predicted molar refractivity (Wildman–Crippen MR) is 264 cm³/mol. The summed E-state index contributed by atoms with van der Waals surface area (Å²) >= 11 is 0. The van der Waals surface area contributed by atoms with E-state index in [0.717, 1.165) is 96.1 Å². The van der Waals surface area contributed by atoms with Crippen LogP contribution in [0.5, 0.6) is 0 Å². The summed E-state index contributed by atoms with van der Waals surface area (Å²) in [6.45, 7) is 0. The number of furan rings is 2. The van der Waals surface area contributed by atoms with Crippen LogP contribution in [0.3, 0.4) is 0 Å². The fourth-order valence-corrected chi connectivity index (χ4v) is 10.3. The number of aromatic nitrogens is 4. The fourth-order valence-electron chi connectivity index (χ4n) is 10.3. The molecule has 0 saturated heterocycles. The second-order valence-electron chi connectivity index (χ2n) is 17.0. The van der Waals surface area contributed by atoms with Crippen LogP contribution < -0.4 is 0 Å². The molecule has 1 aliphatic rings. The first-order chi connectivity index (χ1) is 32.2. The van der Waals surface area contributed by atoms with E-state index in [4.69, 9.17) is 23.8 Å². The van der Waals surface area contributed by atoms with Gasteiger partial charge in [-0.25, -0.2) is 15.0 Å². The van der Waals surface area contributed by atoms with E-state index >= 15 is 0 Å². The van der Waals surface area contributed by atoms with Crippen molar-refractivity contribution in [3.8, 4) is 39.6 Å². The fraction of sp³-hybridized carbons (Fsp3) is 0.0339. The van der Waals surface area contributed by atoms with Crippen LogP contribution in [-0.2, 0) is 6.42 Å². The molecule has 0 radical (unpaired) electrons. The SMILES string of the molecule is C1=C(c2nc(-c3ccc(-c4ccccc4)cc3)nc(-c3cc(-n4c5cc6ccccc6cc5c5c6ccccc6ccc54)cc4c3oc3ccccc34)n2)c2oc3ccccc3c2CC1. The van der Waals surface area contributed by atoms with E-state index in [2.05, 4.69) is 168 Å². The smallest absolute Gasteiger partial charge is 0.167 e. The van der Waals surface area contributed by atoms with Crippen LogP contribution in [0.4, 0.5) is 0 Å². The number of hydrogen-bond acceptors (Lipinski definition) is 5. The Kier molecular flexibility index (Phi) is 7.71.